The number of sulfone groups is 1. The summed E-state index contributed by atoms with van der Waals surface area (Å²) in [6.07, 6.45) is 6.92. The van der Waals surface area contributed by atoms with Gasteiger partial charge in [-0.2, -0.15) is 0 Å². The first-order valence-corrected chi connectivity index (χ1v) is 11.9. The van der Waals surface area contributed by atoms with E-state index in [1.807, 2.05) is 42.5 Å². The fourth-order valence-electron chi connectivity index (χ4n) is 3.52. The lowest BCUT2D eigenvalue weighted by molar-refractivity contribution is 0.588. The molecule has 0 amide bonds. The molecular weight excluding hydrogens is 416 g/mol. The Labute approximate surface area is 181 Å². The van der Waals surface area contributed by atoms with E-state index in [4.69, 9.17) is 11.6 Å². The van der Waals surface area contributed by atoms with Gasteiger partial charge in [0.15, 0.2) is 0 Å². The Balaban J connectivity index is 1.86. The Morgan fingerprint density at radius 3 is 2.47 bits per heavy atom. The number of aromatic nitrogens is 2. The van der Waals surface area contributed by atoms with Gasteiger partial charge in [-0.1, -0.05) is 35.9 Å². The van der Waals surface area contributed by atoms with Crippen LogP contribution in [0.3, 0.4) is 0 Å². The SMILES string of the molecule is CC(Cc1cc(-c2cccc(-c3cnccc3Cl)c2)c2ncccc2c1)S(C)(=O)=O. The molecule has 0 fully saturated rings. The summed E-state index contributed by atoms with van der Waals surface area (Å²) in [4.78, 5) is 8.78. The van der Waals surface area contributed by atoms with Gasteiger partial charge in [0.2, 0.25) is 0 Å². The van der Waals surface area contributed by atoms with Gasteiger partial charge in [-0.15, -0.1) is 0 Å². The number of rotatable bonds is 5. The van der Waals surface area contributed by atoms with Crippen molar-refractivity contribution in [2.45, 2.75) is 18.6 Å². The van der Waals surface area contributed by atoms with E-state index in [9.17, 15) is 8.42 Å². The topological polar surface area (TPSA) is 59.9 Å². The summed E-state index contributed by atoms with van der Waals surface area (Å²) in [5.74, 6) is 0. The minimum atomic E-state index is -3.12. The van der Waals surface area contributed by atoms with E-state index in [0.29, 0.717) is 11.4 Å². The van der Waals surface area contributed by atoms with Crippen LogP contribution in [0.1, 0.15) is 12.5 Å². The van der Waals surface area contributed by atoms with Crippen LogP contribution in [0, 0.1) is 0 Å². The molecule has 0 aliphatic rings. The zero-order valence-corrected chi connectivity index (χ0v) is 18.3. The third-order valence-electron chi connectivity index (χ3n) is 5.27. The summed E-state index contributed by atoms with van der Waals surface area (Å²) in [7, 11) is -3.12. The van der Waals surface area contributed by atoms with Gasteiger partial charge in [0, 0.05) is 41.4 Å². The van der Waals surface area contributed by atoms with Crippen molar-refractivity contribution in [3.63, 3.8) is 0 Å². The predicted octanol–water partition coefficient (Wildman–Crippen LogP) is 5.59. The van der Waals surface area contributed by atoms with Crippen molar-refractivity contribution in [3.8, 4) is 22.3 Å². The monoisotopic (exact) mass is 436 g/mol. The minimum Gasteiger partial charge on any atom is -0.264 e. The van der Waals surface area contributed by atoms with E-state index in [-0.39, 0.29) is 0 Å². The first-order valence-electron chi connectivity index (χ1n) is 9.60. The lowest BCUT2D eigenvalue weighted by Crippen LogP contribution is -2.18. The second-order valence-electron chi connectivity index (χ2n) is 7.50. The van der Waals surface area contributed by atoms with Gasteiger partial charge >= 0.3 is 0 Å². The maximum Gasteiger partial charge on any atom is 0.150 e. The summed E-state index contributed by atoms with van der Waals surface area (Å²) < 4.78 is 23.9. The highest BCUT2D eigenvalue weighted by atomic mass is 35.5. The average Bonchev–Trinajstić information content (AvgIpc) is 2.73. The fourth-order valence-corrected chi connectivity index (χ4v) is 4.23. The molecule has 0 bridgehead atoms. The number of fused-ring (bicyclic) bond motifs is 1. The first kappa shape index (κ1) is 20.5. The second kappa shape index (κ2) is 8.17. The lowest BCUT2D eigenvalue weighted by atomic mass is 9.95. The van der Waals surface area contributed by atoms with Crippen molar-refractivity contribution in [2.75, 3.05) is 6.26 Å². The molecule has 2 aromatic carbocycles. The molecule has 1 unspecified atom stereocenters. The largest absolute Gasteiger partial charge is 0.264 e. The van der Waals surface area contributed by atoms with Crippen molar-refractivity contribution in [1.82, 2.24) is 9.97 Å². The van der Waals surface area contributed by atoms with Crippen LogP contribution in [0.4, 0.5) is 0 Å². The molecule has 0 spiro atoms. The third kappa shape index (κ3) is 4.23. The van der Waals surface area contributed by atoms with Gasteiger partial charge in [0.25, 0.3) is 0 Å². The van der Waals surface area contributed by atoms with Crippen molar-refractivity contribution >= 4 is 32.3 Å². The number of pyridine rings is 2. The number of hydrogen-bond donors (Lipinski definition) is 0. The van der Waals surface area contributed by atoms with Crippen molar-refractivity contribution in [1.29, 1.82) is 0 Å². The minimum absolute atomic E-state index is 0.449. The Morgan fingerprint density at radius 1 is 0.967 bits per heavy atom. The Kier molecular flexibility index (Phi) is 5.58. The summed E-state index contributed by atoms with van der Waals surface area (Å²) in [5.41, 5.74) is 5.62. The lowest BCUT2D eigenvalue weighted by Gasteiger charge is -2.14. The number of hydrogen-bond acceptors (Lipinski definition) is 4. The number of nitrogens with zero attached hydrogens (tertiary/aromatic N) is 2. The summed E-state index contributed by atoms with van der Waals surface area (Å²) in [6, 6.07) is 17.8. The molecule has 0 saturated heterocycles. The zero-order valence-electron chi connectivity index (χ0n) is 16.7. The van der Waals surface area contributed by atoms with Crippen LogP contribution in [0.2, 0.25) is 5.02 Å². The number of benzene rings is 2. The van der Waals surface area contributed by atoms with Crippen molar-refractivity contribution in [2.24, 2.45) is 0 Å². The first-order chi connectivity index (χ1) is 14.3. The van der Waals surface area contributed by atoms with Crippen LogP contribution in [0.25, 0.3) is 33.2 Å². The summed E-state index contributed by atoms with van der Waals surface area (Å²) in [6.45, 7) is 1.74. The molecule has 2 aromatic heterocycles. The normalized spacial score (nSPS) is 12.8. The molecule has 6 heteroatoms. The Hall–Kier alpha value is -2.76. The van der Waals surface area contributed by atoms with E-state index in [0.717, 1.165) is 38.7 Å². The molecule has 0 N–H and O–H groups in total. The zero-order chi connectivity index (χ0) is 21.3. The molecule has 30 heavy (non-hydrogen) atoms. The molecule has 1 atom stereocenters. The summed E-state index contributed by atoms with van der Waals surface area (Å²) in [5, 5.41) is 1.16. The highest BCUT2D eigenvalue weighted by Crippen LogP contribution is 2.34. The van der Waals surface area contributed by atoms with Crippen LogP contribution in [-0.2, 0) is 16.3 Å². The van der Waals surface area contributed by atoms with Gasteiger partial charge in [-0.3, -0.25) is 9.97 Å². The van der Waals surface area contributed by atoms with E-state index in [2.05, 4.69) is 16.0 Å². The number of halogens is 1. The molecule has 0 radical (unpaired) electrons. The smallest absolute Gasteiger partial charge is 0.150 e. The standard InChI is InChI=1S/C24H21ClN2O2S/c1-16(30(2,28)29)11-17-12-20-7-4-9-27-24(20)21(13-17)18-5-3-6-19(14-18)22-15-26-10-8-23(22)25/h3-10,12-16H,11H2,1-2H3. The maximum absolute atomic E-state index is 12.0. The van der Waals surface area contributed by atoms with Gasteiger partial charge in [0.1, 0.15) is 9.84 Å². The van der Waals surface area contributed by atoms with Gasteiger partial charge in [-0.05, 0) is 60.4 Å². The predicted molar refractivity (Wildman–Crippen MR) is 123 cm³/mol. The molecule has 4 aromatic rings. The molecule has 152 valence electrons. The van der Waals surface area contributed by atoms with Crippen molar-refractivity contribution in [3.05, 3.63) is 83.8 Å². The van der Waals surface area contributed by atoms with E-state index >= 15 is 0 Å². The van der Waals surface area contributed by atoms with Crippen LogP contribution in [0.5, 0.6) is 0 Å². The van der Waals surface area contributed by atoms with Gasteiger partial charge < -0.3 is 0 Å². The van der Waals surface area contributed by atoms with E-state index < -0.39 is 15.1 Å². The average molecular weight is 437 g/mol. The van der Waals surface area contributed by atoms with E-state index in [1.54, 1.807) is 31.6 Å². The quantitative estimate of drug-likeness (QED) is 0.409. The summed E-state index contributed by atoms with van der Waals surface area (Å²) >= 11 is 6.37. The van der Waals surface area contributed by atoms with Gasteiger partial charge in [0.05, 0.1) is 15.8 Å². The maximum atomic E-state index is 12.0. The molecule has 2 heterocycles. The molecule has 4 nitrogen and oxygen atoms in total. The van der Waals surface area contributed by atoms with Gasteiger partial charge in [-0.25, -0.2) is 8.42 Å². The molecule has 0 saturated carbocycles. The van der Waals surface area contributed by atoms with E-state index in [1.165, 1.54) is 6.26 Å². The third-order valence-corrected chi connectivity index (χ3v) is 7.23. The molecule has 0 aliphatic carbocycles. The van der Waals surface area contributed by atoms with Crippen LogP contribution in [0.15, 0.2) is 73.2 Å². The van der Waals surface area contributed by atoms with Crippen LogP contribution >= 0.6 is 11.6 Å². The molecule has 4 rings (SSSR count). The Bertz CT molecular complexity index is 1340. The van der Waals surface area contributed by atoms with Crippen LogP contribution in [-0.4, -0.2) is 29.9 Å². The highest BCUT2D eigenvalue weighted by molar-refractivity contribution is 7.91. The molecular formula is C24H21ClN2O2S. The Morgan fingerprint density at radius 2 is 1.73 bits per heavy atom. The molecule has 0 aliphatic heterocycles. The van der Waals surface area contributed by atoms with Crippen molar-refractivity contribution < 1.29 is 8.42 Å². The highest BCUT2D eigenvalue weighted by Gasteiger charge is 2.17. The second-order valence-corrected chi connectivity index (χ2v) is 10.4. The fraction of sp³-hybridized carbons (Fsp3) is 0.167. The van der Waals surface area contributed by atoms with Crippen LogP contribution < -0.4 is 0 Å².